The lowest BCUT2D eigenvalue weighted by atomic mass is 9.82. The van der Waals surface area contributed by atoms with Crippen molar-refractivity contribution in [2.45, 2.75) is 19.8 Å². The van der Waals surface area contributed by atoms with E-state index in [1.54, 1.807) is 0 Å². The Morgan fingerprint density at radius 2 is 1.83 bits per heavy atom. The Kier molecular flexibility index (Phi) is 4.27. The van der Waals surface area contributed by atoms with Gasteiger partial charge >= 0.3 is 0 Å². The molecule has 1 heterocycles. The van der Waals surface area contributed by atoms with Crippen molar-refractivity contribution in [2.75, 3.05) is 0 Å². The van der Waals surface area contributed by atoms with Gasteiger partial charge in [-0.15, -0.1) is 0 Å². The molecule has 2 aromatic rings. The molecule has 0 fully saturated rings. The third-order valence-electron chi connectivity index (χ3n) is 4.25. The molecule has 0 saturated carbocycles. The first-order chi connectivity index (χ1) is 11.1. The zero-order valence-corrected chi connectivity index (χ0v) is 14.0. The van der Waals surface area contributed by atoms with Crippen molar-refractivity contribution in [3.63, 3.8) is 0 Å². The third kappa shape index (κ3) is 3.04. The van der Waals surface area contributed by atoms with Crippen LogP contribution < -0.4 is 5.32 Å². The fraction of sp³-hybridized carbons (Fsp3) is 0.200. The van der Waals surface area contributed by atoms with Crippen molar-refractivity contribution in [1.29, 1.82) is 5.26 Å². The molecular weight excluding hydrogens is 300 g/mol. The minimum atomic E-state index is -0.332. The van der Waals surface area contributed by atoms with E-state index in [4.69, 9.17) is 12.2 Å². The fourth-order valence-corrected chi connectivity index (χ4v) is 3.29. The molecule has 0 aromatic heterocycles. The second-order valence-corrected chi connectivity index (χ2v) is 6.37. The standard InChI is InChI=1S/C20H18N2S/c1-13-8-9-14(2)16(10-13)19-11-17(15-6-4-3-5-7-15)18(12-21)20(23)22-19/h3-11,17-18H,1-2H3,(H,22,23). The first kappa shape index (κ1) is 15.5. The van der Waals surface area contributed by atoms with Gasteiger partial charge in [-0.05, 0) is 31.0 Å². The van der Waals surface area contributed by atoms with E-state index in [1.807, 2.05) is 18.2 Å². The van der Waals surface area contributed by atoms with E-state index in [0.29, 0.717) is 4.99 Å². The molecule has 0 saturated heterocycles. The van der Waals surface area contributed by atoms with Crippen LogP contribution in [0.1, 0.15) is 28.2 Å². The van der Waals surface area contributed by atoms with Gasteiger partial charge in [-0.2, -0.15) is 5.26 Å². The summed E-state index contributed by atoms with van der Waals surface area (Å²) < 4.78 is 0. The van der Waals surface area contributed by atoms with E-state index in [9.17, 15) is 5.26 Å². The maximum absolute atomic E-state index is 9.54. The van der Waals surface area contributed by atoms with Crippen LogP contribution in [0.2, 0.25) is 0 Å². The second kappa shape index (κ2) is 6.36. The number of nitrogens with zero attached hydrogens (tertiary/aromatic N) is 1. The van der Waals surface area contributed by atoms with Gasteiger partial charge in [0.05, 0.1) is 11.1 Å². The zero-order chi connectivity index (χ0) is 16.4. The summed E-state index contributed by atoms with van der Waals surface area (Å²) in [6.45, 7) is 4.17. The van der Waals surface area contributed by atoms with Crippen molar-refractivity contribution < 1.29 is 0 Å². The van der Waals surface area contributed by atoms with Crippen molar-refractivity contribution in [2.24, 2.45) is 5.92 Å². The molecule has 3 rings (SSSR count). The van der Waals surface area contributed by atoms with Gasteiger partial charge < -0.3 is 5.32 Å². The smallest absolute Gasteiger partial charge is 0.107 e. The molecule has 1 N–H and O–H groups in total. The number of benzene rings is 2. The topological polar surface area (TPSA) is 35.8 Å². The summed E-state index contributed by atoms with van der Waals surface area (Å²) in [5, 5.41) is 12.8. The first-order valence-corrected chi connectivity index (χ1v) is 8.06. The third-order valence-corrected chi connectivity index (χ3v) is 4.61. The van der Waals surface area contributed by atoms with Gasteiger partial charge in [-0.3, -0.25) is 0 Å². The predicted octanol–water partition coefficient (Wildman–Crippen LogP) is 4.50. The van der Waals surface area contributed by atoms with E-state index in [2.05, 4.69) is 61.6 Å². The van der Waals surface area contributed by atoms with Crippen LogP contribution in [0.25, 0.3) is 5.70 Å². The highest BCUT2D eigenvalue weighted by atomic mass is 32.1. The van der Waals surface area contributed by atoms with Crippen LogP contribution in [0.15, 0.2) is 54.6 Å². The number of hydrogen-bond acceptors (Lipinski definition) is 2. The molecule has 23 heavy (non-hydrogen) atoms. The van der Waals surface area contributed by atoms with Gasteiger partial charge in [0, 0.05) is 17.2 Å². The zero-order valence-electron chi connectivity index (χ0n) is 13.2. The van der Waals surface area contributed by atoms with Gasteiger partial charge in [0.25, 0.3) is 0 Å². The van der Waals surface area contributed by atoms with Crippen molar-refractivity contribution in [3.05, 3.63) is 76.9 Å². The Morgan fingerprint density at radius 1 is 1.09 bits per heavy atom. The van der Waals surface area contributed by atoms with Gasteiger partial charge in [0.2, 0.25) is 0 Å². The fourth-order valence-electron chi connectivity index (χ4n) is 2.98. The van der Waals surface area contributed by atoms with Crippen LogP contribution in [-0.4, -0.2) is 4.99 Å². The molecule has 0 radical (unpaired) electrons. The molecule has 1 aliphatic rings. The van der Waals surface area contributed by atoms with Gasteiger partial charge in [0.1, 0.15) is 5.92 Å². The molecule has 2 atom stereocenters. The van der Waals surface area contributed by atoms with Crippen LogP contribution in [-0.2, 0) is 0 Å². The number of thiocarbonyl (C=S) groups is 1. The number of nitrogens with one attached hydrogen (secondary N) is 1. The summed E-state index contributed by atoms with van der Waals surface area (Å²) in [7, 11) is 0. The van der Waals surface area contributed by atoms with E-state index >= 15 is 0 Å². The number of rotatable bonds is 2. The Morgan fingerprint density at radius 3 is 2.52 bits per heavy atom. The van der Waals surface area contributed by atoms with Crippen molar-refractivity contribution in [3.8, 4) is 6.07 Å². The average molecular weight is 318 g/mol. The predicted molar refractivity (Wildman–Crippen MR) is 97.9 cm³/mol. The highest BCUT2D eigenvalue weighted by Crippen LogP contribution is 2.34. The summed E-state index contributed by atoms with van der Waals surface area (Å²) in [6.07, 6.45) is 2.14. The molecule has 2 aromatic carbocycles. The largest absolute Gasteiger partial charge is 0.349 e. The van der Waals surface area contributed by atoms with Crippen molar-refractivity contribution >= 4 is 22.9 Å². The number of aryl methyl sites for hydroxylation is 2. The first-order valence-electron chi connectivity index (χ1n) is 7.65. The summed E-state index contributed by atoms with van der Waals surface area (Å²) in [5.41, 5.74) is 5.66. The summed E-state index contributed by atoms with van der Waals surface area (Å²) in [4.78, 5) is 0.597. The lowest BCUT2D eigenvalue weighted by molar-refractivity contribution is 0.733. The van der Waals surface area contributed by atoms with E-state index in [1.165, 1.54) is 11.1 Å². The van der Waals surface area contributed by atoms with Crippen LogP contribution in [0.5, 0.6) is 0 Å². The minimum Gasteiger partial charge on any atom is -0.349 e. The summed E-state index contributed by atoms with van der Waals surface area (Å²) in [5.74, 6) is -0.355. The summed E-state index contributed by atoms with van der Waals surface area (Å²) >= 11 is 5.48. The van der Waals surface area contributed by atoms with Crippen LogP contribution in [0, 0.1) is 31.1 Å². The SMILES string of the molecule is Cc1ccc(C)c(C2=CC(c3ccccc3)C(C#N)C(=S)N2)c1. The van der Waals surface area contributed by atoms with E-state index in [0.717, 1.165) is 16.8 Å². The number of allylic oxidation sites excluding steroid dienone is 1. The monoisotopic (exact) mass is 318 g/mol. The molecule has 3 heteroatoms. The molecule has 0 bridgehead atoms. The molecule has 0 spiro atoms. The van der Waals surface area contributed by atoms with Gasteiger partial charge in [-0.1, -0.05) is 66.3 Å². The Hall–Kier alpha value is -2.44. The van der Waals surface area contributed by atoms with Crippen LogP contribution >= 0.6 is 12.2 Å². The molecule has 2 nitrogen and oxygen atoms in total. The van der Waals surface area contributed by atoms with Gasteiger partial charge in [-0.25, -0.2) is 0 Å². The van der Waals surface area contributed by atoms with Crippen LogP contribution in [0.3, 0.4) is 0 Å². The molecule has 1 aliphatic heterocycles. The molecule has 0 amide bonds. The average Bonchev–Trinajstić information content (AvgIpc) is 2.57. The lowest BCUT2D eigenvalue weighted by Gasteiger charge is -2.29. The second-order valence-electron chi connectivity index (χ2n) is 5.93. The maximum Gasteiger partial charge on any atom is 0.107 e. The van der Waals surface area contributed by atoms with E-state index < -0.39 is 0 Å². The quantitative estimate of drug-likeness (QED) is 0.828. The summed E-state index contributed by atoms with van der Waals surface area (Å²) in [6, 6.07) is 18.8. The highest BCUT2D eigenvalue weighted by molar-refractivity contribution is 7.80. The molecule has 2 unspecified atom stereocenters. The Bertz CT molecular complexity index is 815. The highest BCUT2D eigenvalue weighted by Gasteiger charge is 2.30. The van der Waals surface area contributed by atoms with Crippen molar-refractivity contribution in [1.82, 2.24) is 5.32 Å². The molecule has 114 valence electrons. The Labute approximate surface area is 142 Å². The van der Waals surface area contributed by atoms with Crippen LogP contribution in [0.4, 0.5) is 0 Å². The number of hydrogen-bond donors (Lipinski definition) is 1. The Balaban J connectivity index is 2.11. The number of nitriles is 1. The molecular formula is C20H18N2S. The maximum atomic E-state index is 9.54. The lowest BCUT2D eigenvalue weighted by Crippen LogP contribution is -2.35. The van der Waals surface area contributed by atoms with Gasteiger partial charge in [0.15, 0.2) is 0 Å². The minimum absolute atomic E-state index is 0.0233. The normalized spacial score (nSPS) is 20.4. The molecule has 0 aliphatic carbocycles. The van der Waals surface area contributed by atoms with E-state index in [-0.39, 0.29) is 11.8 Å².